The highest BCUT2D eigenvalue weighted by Gasteiger charge is 2.33. The molecule has 22 heavy (non-hydrogen) atoms. The van der Waals surface area contributed by atoms with Gasteiger partial charge in [0.05, 0.1) is 19.2 Å². The van der Waals surface area contributed by atoms with E-state index in [0.717, 1.165) is 29.9 Å². The molecule has 1 aliphatic carbocycles. The molecule has 2 aromatic heterocycles. The van der Waals surface area contributed by atoms with Crippen LogP contribution < -0.4 is 5.14 Å². The van der Waals surface area contributed by atoms with E-state index in [4.69, 9.17) is 9.56 Å². The van der Waals surface area contributed by atoms with Gasteiger partial charge in [0.2, 0.25) is 15.9 Å². The summed E-state index contributed by atoms with van der Waals surface area (Å²) in [6.45, 7) is 0.448. The Morgan fingerprint density at radius 1 is 1.36 bits per heavy atom. The summed E-state index contributed by atoms with van der Waals surface area (Å²) in [7, 11) is -3.70. The highest BCUT2D eigenvalue weighted by atomic mass is 32.2. The third-order valence-corrected chi connectivity index (χ3v) is 5.98. The van der Waals surface area contributed by atoms with Gasteiger partial charge in [0, 0.05) is 10.9 Å². The van der Waals surface area contributed by atoms with E-state index in [-0.39, 0.29) is 22.6 Å². The molecule has 8 heteroatoms. The third-order valence-electron chi connectivity index (χ3n) is 3.46. The normalized spacial score (nSPS) is 15.0. The van der Waals surface area contributed by atoms with Gasteiger partial charge in [0.1, 0.15) is 9.97 Å². The smallest absolute Gasteiger partial charge is 0.247 e. The molecule has 0 unspecified atom stereocenters. The molecule has 2 heterocycles. The monoisotopic (exact) mass is 340 g/mol. The summed E-state index contributed by atoms with van der Waals surface area (Å²) in [5.41, 5.74) is 0. The molecule has 0 aromatic carbocycles. The predicted octanol–water partition coefficient (Wildman–Crippen LogP) is 1.72. The van der Waals surface area contributed by atoms with Crippen LogP contribution in [0.15, 0.2) is 39.2 Å². The first kappa shape index (κ1) is 15.3. The van der Waals surface area contributed by atoms with Crippen LogP contribution in [-0.2, 0) is 27.8 Å². The minimum Gasteiger partial charge on any atom is -0.467 e. The minimum absolute atomic E-state index is 0.0262. The van der Waals surface area contributed by atoms with E-state index < -0.39 is 10.0 Å². The van der Waals surface area contributed by atoms with Crippen LogP contribution >= 0.6 is 11.3 Å². The van der Waals surface area contributed by atoms with Crippen LogP contribution in [0.1, 0.15) is 23.5 Å². The van der Waals surface area contributed by atoms with Gasteiger partial charge in [0.15, 0.2) is 0 Å². The molecule has 3 rings (SSSR count). The van der Waals surface area contributed by atoms with Crippen molar-refractivity contribution in [3.05, 3.63) is 41.2 Å². The van der Waals surface area contributed by atoms with Crippen LogP contribution in [0.3, 0.4) is 0 Å². The van der Waals surface area contributed by atoms with Crippen molar-refractivity contribution in [2.75, 3.05) is 0 Å². The first-order valence-corrected chi connectivity index (χ1v) is 9.23. The molecule has 1 fully saturated rings. The Labute approximate surface area is 132 Å². The highest BCUT2D eigenvalue weighted by molar-refractivity contribution is 7.91. The van der Waals surface area contributed by atoms with E-state index in [2.05, 4.69) is 0 Å². The second-order valence-electron chi connectivity index (χ2n) is 5.27. The first-order valence-electron chi connectivity index (χ1n) is 6.87. The number of primary sulfonamides is 1. The van der Waals surface area contributed by atoms with Gasteiger partial charge in [-0.25, -0.2) is 13.6 Å². The van der Waals surface area contributed by atoms with Gasteiger partial charge in [0.25, 0.3) is 0 Å². The lowest BCUT2D eigenvalue weighted by Gasteiger charge is -2.21. The number of thiophene rings is 1. The zero-order valence-electron chi connectivity index (χ0n) is 11.8. The molecule has 1 saturated carbocycles. The Balaban J connectivity index is 1.70. The lowest BCUT2D eigenvalue weighted by molar-refractivity contribution is -0.131. The molecule has 0 atom stereocenters. The number of carbonyl (C=O) groups is 1. The van der Waals surface area contributed by atoms with Crippen LogP contribution in [0, 0.1) is 0 Å². The molecule has 2 aromatic rings. The quantitative estimate of drug-likeness (QED) is 0.866. The van der Waals surface area contributed by atoms with Crippen molar-refractivity contribution in [3.63, 3.8) is 0 Å². The van der Waals surface area contributed by atoms with Crippen molar-refractivity contribution < 1.29 is 17.6 Å². The van der Waals surface area contributed by atoms with Crippen LogP contribution in [0.25, 0.3) is 0 Å². The molecule has 118 valence electrons. The standard InChI is InChI=1S/C14H16N2O4S2/c15-22(18,19)14-6-5-12(21-14)8-13(17)16(10-3-4-10)9-11-2-1-7-20-11/h1-2,5-7,10H,3-4,8-9H2,(H2,15,18,19). The Morgan fingerprint density at radius 2 is 2.14 bits per heavy atom. The van der Waals surface area contributed by atoms with Crippen molar-refractivity contribution in [2.24, 2.45) is 5.14 Å². The maximum absolute atomic E-state index is 12.5. The Bertz CT molecular complexity index is 761. The number of furan rings is 1. The van der Waals surface area contributed by atoms with Crippen LogP contribution in [0.4, 0.5) is 0 Å². The number of hydrogen-bond donors (Lipinski definition) is 1. The number of rotatable bonds is 6. The summed E-state index contributed by atoms with van der Waals surface area (Å²) >= 11 is 1.04. The Hall–Kier alpha value is -1.64. The number of hydrogen-bond acceptors (Lipinski definition) is 5. The van der Waals surface area contributed by atoms with E-state index in [1.165, 1.54) is 6.07 Å². The lowest BCUT2D eigenvalue weighted by atomic mass is 10.3. The topological polar surface area (TPSA) is 93.6 Å². The first-order chi connectivity index (χ1) is 10.4. The Kier molecular flexibility index (Phi) is 4.07. The maximum Gasteiger partial charge on any atom is 0.247 e. The van der Waals surface area contributed by atoms with Crippen LogP contribution in [0.5, 0.6) is 0 Å². The van der Waals surface area contributed by atoms with Crippen molar-refractivity contribution in [3.8, 4) is 0 Å². The van der Waals surface area contributed by atoms with Gasteiger partial charge in [-0.05, 0) is 37.1 Å². The van der Waals surface area contributed by atoms with Gasteiger partial charge in [-0.15, -0.1) is 11.3 Å². The maximum atomic E-state index is 12.5. The fraction of sp³-hybridized carbons (Fsp3) is 0.357. The molecule has 1 amide bonds. The van der Waals surface area contributed by atoms with E-state index in [1.54, 1.807) is 23.3 Å². The molecule has 0 bridgehead atoms. The van der Waals surface area contributed by atoms with Crippen LogP contribution in [-0.4, -0.2) is 25.3 Å². The molecule has 0 radical (unpaired) electrons. The molecule has 0 aliphatic heterocycles. The second-order valence-corrected chi connectivity index (χ2v) is 8.23. The largest absolute Gasteiger partial charge is 0.467 e. The summed E-state index contributed by atoms with van der Waals surface area (Å²) in [5, 5.41) is 5.08. The van der Waals surface area contributed by atoms with Gasteiger partial charge in [-0.2, -0.15) is 0 Å². The predicted molar refractivity (Wildman–Crippen MR) is 81.7 cm³/mol. The van der Waals surface area contributed by atoms with Crippen molar-refractivity contribution >= 4 is 27.3 Å². The zero-order chi connectivity index (χ0) is 15.7. The van der Waals surface area contributed by atoms with E-state index in [0.29, 0.717) is 11.4 Å². The molecule has 6 nitrogen and oxygen atoms in total. The van der Waals surface area contributed by atoms with Gasteiger partial charge in [-0.3, -0.25) is 4.79 Å². The van der Waals surface area contributed by atoms with Crippen molar-refractivity contribution in [1.29, 1.82) is 0 Å². The number of sulfonamides is 1. The molecular weight excluding hydrogens is 324 g/mol. The average molecular weight is 340 g/mol. The van der Waals surface area contributed by atoms with Gasteiger partial charge >= 0.3 is 0 Å². The number of amides is 1. The third kappa shape index (κ3) is 3.57. The van der Waals surface area contributed by atoms with E-state index in [1.807, 2.05) is 6.07 Å². The van der Waals surface area contributed by atoms with E-state index in [9.17, 15) is 13.2 Å². The molecule has 0 spiro atoms. The number of nitrogens with zero attached hydrogens (tertiary/aromatic N) is 1. The SMILES string of the molecule is NS(=O)(=O)c1ccc(CC(=O)N(Cc2ccco2)C2CC2)s1. The fourth-order valence-electron chi connectivity index (χ4n) is 2.23. The molecular formula is C14H16N2O4S2. The number of carbonyl (C=O) groups excluding carboxylic acids is 1. The summed E-state index contributed by atoms with van der Waals surface area (Å²) in [4.78, 5) is 15.0. The summed E-state index contributed by atoms with van der Waals surface area (Å²) in [5.74, 6) is 0.721. The lowest BCUT2D eigenvalue weighted by Crippen LogP contribution is -2.33. The number of nitrogens with two attached hydrogens (primary N) is 1. The highest BCUT2D eigenvalue weighted by Crippen LogP contribution is 2.30. The summed E-state index contributed by atoms with van der Waals surface area (Å²) < 4.78 is 27.9. The molecule has 1 aliphatic rings. The zero-order valence-corrected chi connectivity index (χ0v) is 13.4. The fourth-order valence-corrected chi connectivity index (χ4v) is 4.00. The van der Waals surface area contributed by atoms with E-state index >= 15 is 0 Å². The average Bonchev–Trinajstić information content (AvgIpc) is 2.96. The molecule has 2 N–H and O–H groups in total. The summed E-state index contributed by atoms with van der Waals surface area (Å²) in [6, 6.07) is 6.97. The van der Waals surface area contributed by atoms with Crippen LogP contribution in [0.2, 0.25) is 0 Å². The van der Waals surface area contributed by atoms with Crippen molar-refractivity contribution in [2.45, 2.75) is 36.1 Å². The summed E-state index contributed by atoms with van der Waals surface area (Å²) in [6.07, 6.45) is 3.76. The van der Waals surface area contributed by atoms with Gasteiger partial charge in [-0.1, -0.05) is 0 Å². The molecule has 0 saturated heterocycles. The minimum atomic E-state index is -3.70. The Morgan fingerprint density at radius 3 is 2.68 bits per heavy atom. The van der Waals surface area contributed by atoms with Gasteiger partial charge < -0.3 is 9.32 Å². The van der Waals surface area contributed by atoms with Crippen molar-refractivity contribution in [1.82, 2.24) is 4.90 Å². The second kappa shape index (κ2) is 5.86.